The van der Waals surface area contributed by atoms with Crippen molar-refractivity contribution in [2.24, 2.45) is 11.8 Å². The third-order valence-corrected chi connectivity index (χ3v) is 6.31. The molecule has 2 heterocycles. The van der Waals surface area contributed by atoms with E-state index in [4.69, 9.17) is 14.5 Å². The van der Waals surface area contributed by atoms with Crippen LogP contribution in [0.2, 0.25) is 0 Å². The summed E-state index contributed by atoms with van der Waals surface area (Å²) in [5.41, 5.74) is 7.09. The molecule has 0 unspecified atom stereocenters. The van der Waals surface area contributed by atoms with Gasteiger partial charge in [-0.25, -0.2) is 9.97 Å². The summed E-state index contributed by atoms with van der Waals surface area (Å²) < 4.78 is 5.83. The van der Waals surface area contributed by atoms with E-state index in [1.807, 2.05) is 6.92 Å². The third kappa shape index (κ3) is 3.87. The summed E-state index contributed by atoms with van der Waals surface area (Å²) in [6.45, 7) is 8.33. The molecule has 1 N–H and O–H groups in total. The Hall–Kier alpha value is -2.43. The maximum atomic E-state index is 5.83. The van der Waals surface area contributed by atoms with Crippen molar-refractivity contribution < 1.29 is 4.52 Å². The number of hydrogen-bond donors (Lipinski definition) is 1. The first-order chi connectivity index (χ1) is 14.0. The van der Waals surface area contributed by atoms with Crippen molar-refractivity contribution in [2.45, 2.75) is 72.3 Å². The van der Waals surface area contributed by atoms with E-state index in [0.717, 1.165) is 40.3 Å². The van der Waals surface area contributed by atoms with Gasteiger partial charge in [-0.05, 0) is 63.5 Å². The molecule has 5 rings (SSSR count). The van der Waals surface area contributed by atoms with Gasteiger partial charge in [-0.3, -0.25) is 0 Å². The van der Waals surface area contributed by atoms with Gasteiger partial charge >= 0.3 is 0 Å². The van der Waals surface area contributed by atoms with Gasteiger partial charge in [-0.15, -0.1) is 0 Å². The van der Waals surface area contributed by atoms with Crippen molar-refractivity contribution in [3.8, 4) is 11.3 Å². The lowest BCUT2D eigenvalue weighted by molar-refractivity contribution is 0.457. The number of aromatic nitrogens is 3. The van der Waals surface area contributed by atoms with Crippen LogP contribution in [0.5, 0.6) is 0 Å². The summed E-state index contributed by atoms with van der Waals surface area (Å²) in [4.78, 5) is 9.43. The van der Waals surface area contributed by atoms with Gasteiger partial charge < -0.3 is 9.84 Å². The molecule has 5 heteroatoms. The van der Waals surface area contributed by atoms with Crippen LogP contribution >= 0.6 is 0 Å². The number of aryl methyl sites for hydroxylation is 4. The molecule has 2 aliphatic carbocycles. The van der Waals surface area contributed by atoms with E-state index < -0.39 is 0 Å². The summed E-state index contributed by atoms with van der Waals surface area (Å²) in [5, 5.41) is 8.18. The molecular formula is C24H30N4O. The van der Waals surface area contributed by atoms with Crippen molar-refractivity contribution in [1.29, 1.82) is 0 Å². The minimum atomic E-state index is 0.462. The lowest BCUT2D eigenvalue weighted by Crippen LogP contribution is -2.22. The summed E-state index contributed by atoms with van der Waals surface area (Å²) in [6.07, 6.45) is 7.97. The van der Waals surface area contributed by atoms with Gasteiger partial charge in [0.15, 0.2) is 5.82 Å². The van der Waals surface area contributed by atoms with Gasteiger partial charge in [0, 0.05) is 11.6 Å². The Morgan fingerprint density at radius 3 is 2.17 bits per heavy atom. The number of nitrogens with one attached hydrogen (secondary N) is 1. The van der Waals surface area contributed by atoms with Crippen molar-refractivity contribution in [3.63, 3.8) is 0 Å². The number of nitrogens with zero attached hydrogens (tertiary/aromatic N) is 3. The third-order valence-electron chi connectivity index (χ3n) is 6.31. The zero-order chi connectivity index (χ0) is 20.1. The van der Waals surface area contributed by atoms with E-state index in [1.165, 1.54) is 55.2 Å². The van der Waals surface area contributed by atoms with Crippen LogP contribution in [0.3, 0.4) is 0 Å². The van der Waals surface area contributed by atoms with Crippen LogP contribution in [0.25, 0.3) is 22.4 Å². The maximum absolute atomic E-state index is 5.83. The summed E-state index contributed by atoms with van der Waals surface area (Å²) >= 11 is 0. The molecule has 0 amide bonds. The highest BCUT2D eigenvalue weighted by Crippen LogP contribution is 2.41. The number of rotatable bonds is 7. The first kappa shape index (κ1) is 18.6. The zero-order valence-corrected chi connectivity index (χ0v) is 17.9. The molecule has 0 saturated heterocycles. The van der Waals surface area contributed by atoms with Crippen LogP contribution in [0.15, 0.2) is 16.7 Å². The van der Waals surface area contributed by atoms with E-state index in [2.05, 4.69) is 43.4 Å². The molecular weight excluding hydrogens is 360 g/mol. The van der Waals surface area contributed by atoms with Crippen LogP contribution in [-0.4, -0.2) is 21.2 Å². The van der Waals surface area contributed by atoms with Crippen molar-refractivity contribution in [2.75, 3.05) is 5.32 Å². The Morgan fingerprint density at radius 1 is 0.966 bits per heavy atom. The average Bonchev–Trinajstić information content (AvgIpc) is 3.56. The lowest BCUT2D eigenvalue weighted by atomic mass is 9.97. The smallest absolute Gasteiger partial charge is 0.228 e. The molecule has 0 aliphatic heterocycles. The molecule has 2 aliphatic rings. The monoisotopic (exact) mass is 390 g/mol. The second kappa shape index (κ2) is 7.12. The molecule has 0 radical (unpaired) electrons. The topological polar surface area (TPSA) is 63.8 Å². The Balaban J connectivity index is 1.54. The lowest BCUT2D eigenvalue weighted by Gasteiger charge is -2.19. The van der Waals surface area contributed by atoms with Crippen LogP contribution in [-0.2, 0) is 0 Å². The molecule has 2 saturated carbocycles. The molecule has 152 valence electrons. The highest BCUT2D eigenvalue weighted by Gasteiger charge is 2.31. The predicted molar refractivity (Wildman–Crippen MR) is 116 cm³/mol. The largest absolute Gasteiger partial charge is 0.364 e. The molecule has 3 aromatic rings. The molecule has 1 aromatic carbocycles. The minimum Gasteiger partial charge on any atom is -0.364 e. The van der Waals surface area contributed by atoms with Gasteiger partial charge in [-0.1, -0.05) is 48.5 Å². The van der Waals surface area contributed by atoms with Crippen LogP contribution in [0.4, 0.5) is 5.82 Å². The number of anilines is 1. The van der Waals surface area contributed by atoms with Crippen molar-refractivity contribution >= 4 is 16.9 Å². The van der Waals surface area contributed by atoms with Crippen LogP contribution in [0, 0.1) is 39.5 Å². The summed E-state index contributed by atoms with van der Waals surface area (Å²) in [6, 6.07) is 4.85. The second-order valence-corrected chi connectivity index (χ2v) is 9.30. The number of benzene rings is 1. The Labute approximate surface area is 172 Å². The van der Waals surface area contributed by atoms with Gasteiger partial charge in [0.25, 0.3) is 0 Å². The van der Waals surface area contributed by atoms with E-state index in [0.29, 0.717) is 11.6 Å². The maximum Gasteiger partial charge on any atom is 0.228 e. The van der Waals surface area contributed by atoms with E-state index in [1.54, 1.807) is 0 Å². The molecule has 0 atom stereocenters. The van der Waals surface area contributed by atoms with Gasteiger partial charge in [0.05, 0.1) is 0 Å². The molecule has 29 heavy (non-hydrogen) atoms. The van der Waals surface area contributed by atoms with E-state index >= 15 is 0 Å². The molecule has 2 aromatic heterocycles. The highest BCUT2D eigenvalue weighted by atomic mass is 16.5. The van der Waals surface area contributed by atoms with Crippen LogP contribution < -0.4 is 5.32 Å². The van der Waals surface area contributed by atoms with Crippen molar-refractivity contribution in [1.82, 2.24) is 15.1 Å². The van der Waals surface area contributed by atoms with Crippen LogP contribution in [0.1, 0.15) is 61.0 Å². The Kier molecular flexibility index (Phi) is 4.56. The van der Waals surface area contributed by atoms with E-state index in [9.17, 15) is 0 Å². The first-order valence-electron chi connectivity index (χ1n) is 11.0. The highest BCUT2D eigenvalue weighted by molar-refractivity contribution is 5.95. The minimum absolute atomic E-state index is 0.462. The fraction of sp³-hybridized carbons (Fsp3) is 0.542. The van der Waals surface area contributed by atoms with Crippen molar-refractivity contribution in [3.05, 3.63) is 34.6 Å². The molecule has 2 fully saturated rings. The summed E-state index contributed by atoms with van der Waals surface area (Å²) in [7, 11) is 0. The number of fused-ring (bicyclic) bond motifs is 1. The molecule has 0 bridgehead atoms. The van der Waals surface area contributed by atoms with Gasteiger partial charge in [0.2, 0.25) is 5.58 Å². The average molecular weight is 391 g/mol. The van der Waals surface area contributed by atoms with Gasteiger partial charge in [-0.2, -0.15) is 0 Å². The normalized spacial score (nSPS) is 16.7. The van der Waals surface area contributed by atoms with Gasteiger partial charge in [0.1, 0.15) is 17.0 Å². The molecule has 5 nitrogen and oxygen atoms in total. The molecule has 0 spiro atoms. The predicted octanol–water partition coefficient (Wildman–Crippen LogP) is 5.90. The second-order valence-electron chi connectivity index (χ2n) is 9.30. The fourth-order valence-electron chi connectivity index (χ4n) is 4.68. The van der Waals surface area contributed by atoms with E-state index in [-0.39, 0.29) is 0 Å². The standard InChI is InChI=1S/C24H30N4O/c1-13-9-14(2)20(15(3)10-13)21-22-23(29-28-21)24(26-16(4)25-22)27-19(11-17-5-6-17)12-18-7-8-18/h9-10,17-19H,5-8,11-12H2,1-4H3,(H,25,26,27). The zero-order valence-electron chi connectivity index (χ0n) is 17.9. The SMILES string of the molecule is Cc1cc(C)c(-c2noc3c(NC(CC4CC4)CC4CC4)nc(C)nc23)c(C)c1. The Bertz CT molecular complexity index is 1030. The summed E-state index contributed by atoms with van der Waals surface area (Å²) in [5.74, 6) is 3.32. The number of hydrogen-bond acceptors (Lipinski definition) is 5. The Morgan fingerprint density at radius 2 is 1.59 bits per heavy atom. The first-order valence-corrected chi connectivity index (χ1v) is 11.0. The quantitative estimate of drug-likeness (QED) is 0.544. The fourth-order valence-corrected chi connectivity index (χ4v) is 4.68.